The minimum Gasteiger partial charge on any atom is -0.318 e. The number of allylic oxidation sites excluding steroid dienone is 2. The van der Waals surface area contributed by atoms with Crippen LogP contribution in [0.4, 0.5) is 26.3 Å². The van der Waals surface area contributed by atoms with Gasteiger partial charge in [-0.05, 0) is 0 Å². The molecule has 0 aromatic heterocycles. The van der Waals surface area contributed by atoms with Gasteiger partial charge in [-0.15, -0.1) is 0 Å². The van der Waals surface area contributed by atoms with Gasteiger partial charge in [0.25, 0.3) is 5.92 Å². The van der Waals surface area contributed by atoms with E-state index in [0.29, 0.717) is 0 Å². The summed E-state index contributed by atoms with van der Waals surface area (Å²) in [5.74, 6) is -10.0. The molecule has 1 atom stereocenters. The Morgan fingerprint density at radius 3 is 2.00 bits per heavy atom. The fourth-order valence-corrected chi connectivity index (χ4v) is 0.727. The molecular formula is C6H3F6Li. The molecule has 0 N–H and O–H groups in total. The van der Waals surface area contributed by atoms with Gasteiger partial charge in [0.1, 0.15) is 6.17 Å². The Kier molecular flexibility index (Phi) is 3.45. The predicted molar refractivity (Wildman–Crippen MR) is 28.3 cm³/mol. The molecular weight excluding hydrogens is 193 g/mol. The number of rotatable bonds is 0. The van der Waals surface area contributed by atoms with Crippen LogP contribution in [0.3, 0.4) is 0 Å². The summed E-state index contributed by atoms with van der Waals surface area (Å²) in [7, 11) is 0. The molecule has 0 radical (unpaired) electrons. The Hall–Kier alpha value is -0.213. The topological polar surface area (TPSA) is 0 Å². The molecule has 1 aliphatic carbocycles. The van der Waals surface area contributed by atoms with Crippen LogP contribution >= 0.6 is 0 Å². The average Bonchev–Trinajstić information content (AvgIpc) is 1.96. The monoisotopic (exact) mass is 196 g/mol. The molecule has 7 heteroatoms. The smallest absolute Gasteiger partial charge is 0.318 e. The molecule has 0 bridgehead atoms. The molecule has 0 aromatic carbocycles. The predicted octanol–water partition coefficient (Wildman–Crippen LogP) is -0.330. The van der Waals surface area contributed by atoms with Crippen LogP contribution in [-0.2, 0) is 0 Å². The first-order chi connectivity index (χ1) is 5.30. The normalized spacial score (nSPS) is 29.7. The maximum Gasteiger partial charge on any atom is 1.00 e. The van der Waals surface area contributed by atoms with Crippen LogP contribution in [0.5, 0.6) is 0 Å². The summed E-state index contributed by atoms with van der Waals surface area (Å²) in [5, 5.41) is 0. The van der Waals surface area contributed by atoms with Gasteiger partial charge >= 0.3 is 24.8 Å². The molecule has 0 nitrogen and oxygen atoms in total. The van der Waals surface area contributed by atoms with Crippen LogP contribution in [0.1, 0.15) is 0 Å². The van der Waals surface area contributed by atoms with Crippen molar-refractivity contribution in [1.29, 1.82) is 0 Å². The van der Waals surface area contributed by atoms with Gasteiger partial charge in [-0.1, -0.05) is 0 Å². The van der Waals surface area contributed by atoms with E-state index in [-0.39, 0.29) is 31.0 Å². The molecule has 13 heavy (non-hydrogen) atoms. The largest absolute Gasteiger partial charge is 1.00 e. The molecule has 1 aliphatic rings. The van der Waals surface area contributed by atoms with Gasteiger partial charge in [0.2, 0.25) is 0 Å². The van der Waals surface area contributed by atoms with Crippen LogP contribution in [0.2, 0.25) is 0 Å². The van der Waals surface area contributed by atoms with Crippen LogP contribution in [0.25, 0.3) is 0 Å². The van der Waals surface area contributed by atoms with Crippen LogP contribution in [0, 0.1) is 6.17 Å². The molecule has 1 unspecified atom stereocenters. The zero-order valence-corrected chi connectivity index (χ0v) is 6.50. The zero-order valence-electron chi connectivity index (χ0n) is 6.50. The fraction of sp³-hybridized carbons (Fsp3) is 0.500. The molecule has 0 aliphatic heterocycles. The van der Waals surface area contributed by atoms with Crippen molar-refractivity contribution in [3.05, 3.63) is 18.3 Å². The van der Waals surface area contributed by atoms with E-state index in [4.69, 9.17) is 0 Å². The SMILES string of the molecule is F[C-]1C=CC(F)C(F)(F)C1(F)F.[Li+]. The second-order valence-corrected chi connectivity index (χ2v) is 2.31. The Bertz CT molecular complexity index is 191. The van der Waals surface area contributed by atoms with Gasteiger partial charge in [-0.3, -0.25) is 4.39 Å². The number of alkyl halides is 5. The molecule has 0 aromatic rings. The van der Waals surface area contributed by atoms with Gasteiger partial charge in [0.15, 0.2) is 0 Å². The van der Waals surface area contributed by atoms with Crippen molar-refractivity contribution < 1.29 is 45.2 Å². The quantitative estimate of drug-likeness (QED) is 0.282. The third kappa shape index (κ3) is 1.70. The second-order valence-electron chi connectivity index (χ2n) is 2.31. The number of hydrogen-bond donors (Lipinski definition) is 0. The van der Waals surface area contributed by atoms with Gasteiger partial charge < -0.3 is 4.39 Å². The third-order valence-electron chi connectivity index (χ3n) is 1.48. The fourth-order valence-electron chi connectivity index (χ4n) is 0.727. The first kappa shape index (κ1) is 12.8. The van der Waals surface area contributed by atoms with E-state index < -0.39 is 24.2 Å². The minimum absolute atomic E-state index is 0. The summed E-state index contributed by atoms with van der Waals surface area (Å²) in [5.41, 5.74) is 0. The van der Waals surface area contributed by atoms with E-state index in [2.05, 4.69) is 0 Å². The standard InChI is InChI=1S/C6H3F6.Li/c7-3-1-2-4(8)6(11,12)5(3,9)10;/h1-3H;/q-1;+1. The van der Waals surface area contributed by atoms with Crippen LogP contribution in [-0.4, -0.2) is 18.0 Å². The van der Waals surface area contributed by atoms with Gasteiger partial charge in [0.05, 0.1) is 0 Å². The summed E-state index contributed by atoms with van der Waals surface area (Å²) in [6, 6.07) is 0. The molecule has 0 fully saturated rings. The van der Waals surface area contributed by atoms with E-state index in [1.165, 1.54) is 0 Å². The van der Waals surface area contributed by atoms with E-state index in [1.54, 1.807) is 0 Å². The van der Waals surface area contributed by atoms with Gasteiger partial charge in [0, 0.05) is 6.17 Å². The van der Waals surface area contributed by atoms with E-state index >= 15 is 0 Å². The maximum atomic E-state index is 12.2. The van der Waals surface area contributed by atoms with Crippen molar-refractivity contribution in [2.45, 2.75) is 18.0 Å². The molecule has 0 saturated carbocycles. The Labute approximate surface area is 82.2 Å². The first-order valence-electron chi connectivity index (χ1n) is 2.91. The van der Waals surface area contributed by atoms with Crippen molar-refractivity contribution in [2.75, 3.05) is 0 Å². The Morgan fingerprint density at radius 2 is 1.62 bits per heavy atom. The van der Waals surface area contributed by atoms with E-state index in [1.807, 2.05) is 0 Å². The van der Waals surface area contributed by atoms with E-state index in [9.17, 15) is 26.3 Å². The molecule has 0 heterocycles. The van der Waals surface area contributed by atoms with Gasteiger partial charge in [-0.25, -0.2) is 8.78 Å². The second kappa shape index (κ2) is 3.50. The van der Waals surface area contributed by atoms with Crippen molar-refractivity contribution in [3.8, 4) is 0 Å². The van der Waals surface area contributed by atoms with Crippen molar-refractivity contribution in [3.63, 3.8) is 0 Å². The summed E-state index contributed by atoms with van der Waals surface area (Å²) in [4.78, 5) is 0. The van der Waals surface area contributed by atoms with Crippen LogP contribution in [0.15, 0.2) is 12.2 Å². The van der Waals surface area contributed by atoms with Crippen molar-refractivity contribution in [1.82, 2.24) is 0 Å². The van der Waals surface area contributed by atoms with Crippen molar-refractivity contribution in [2.24, 2.45) is 0 Å². The Balaban J connectivity index is 0.00000144. The Morgan fingerprint density at radius 1 is 1.15 bits per heavy atom. The minimum atomic E-state index is -5.04. The molecule has 70 valence electrons. The van der Waals surface area contributed by atoms with E-state index in [0.717, 1.165) is 0 Å². The van der Waals surface area contributed by atoms with Crippen LogP contribution < -0.4 is 18.9 Å². The summed E-state index contributed by atoms with van der Waals surface area (Å²) >= 11 is 0. The molecule has 0 saturated heterocycles. The molecule has 0 spiro atoms. The first-order valence-corrected chi connectivity index (χ1v) is 2.91. The third-order valence-corrected chi connectivity index (χ3v) is 1.48. The molecule has 0 amide bonds. The number of halogens is 6. The summed E-state index contributed by atoms with van der Waals surface area (Å²) in [6.07, 6.45) is -5.39. The maximum absolute atomic E-state index is 12.2. The van der Waals surface area contributed by atoms with Gasteiger partial charge in [-0.2, -0.15) is 20.9 Å². The zero-order chi connectivity index (χ0) is 9.57. The average molecular weight is 196 g/mol. The summed E-state index contributed by atoms with van der Waals surface area (Å²) < 4.78 is 72.9. The van der Waals surface area contributed by atoms with Crippen molar-refractivity contribution >= 4 is 0 Å². The molecule has 1 rings (SSSR count). The number of hydrogen-bond acceptors (Lipinski definition) is 0. The summed E-state index contributed by atoms with van der Waals surface area (Å²) in [6.45, 7) is 0.